The summed E-state index contributed by atoms with van der Waals surface area (Å²) in [6.45, 7) is 1.07. The maximum Gasteiger partial charge on any atom is 0.289 e. The zero-order valence-corrected chi connectivity index (χ0v) is 13.4. The van der Waals surface area contributed by atoms with Gasteiger partial charge in [-0.25, -0.2) is 9.97 Å². The second-order valence-electron chi connectivity index (χ2n) is 4.75. The van der Waals surface area contributed by atoms with Crippen molar-refractivity contribution in [2.24, 2.45) is 0 Å². The number of nitrogens with zero attached hydrogens (tertiary/aromatic N) is 3. The maximum atomic E-state index is 12.3. The molecule has 3 heterocycles. The van der Waals surface area contributed by atoms with E-state index in [1.807, 2.05) is 0 Å². The zero-order chi connectivity index (χ0) is 15.5. The van der Waals surface area contributed by atoms with Crippen molar-refractivity contribution in [2.75, 3.05) is 20.2 Å². The Morgan fingerprint density at radius 2 is 2.14 bits per heavy atom. The molecule has 1 unspecified atom stereocenters. The summed E-state index contributed by atoms with van der Waals surface area (Å²) in [5, 5.41) is 0. The highest BCUT2D eigenvalue weighted by molar-refractivity contribution is 9.10. The minimum Gasteiger partial charge on any atom is -0.477 e. The third-order valence-corrected chi connectivity index (χ3v) is 3.75. The molecule has 1 amide bonds. The molecule has 0 bridgehead atoms. The van der Waals surface area contributed by atoms with Crippen molar-refractivity contribution < 1.29 is 18.7 Å². The molecule has 1 aliphatic heterocycles. The lowest BCUT2D eigenvalue weighted by Gasteiger charge is -2.16. The number of hydrogen-bond acceptors (Lipinski definition) is 6. The van der Waals surface area contributed by atoms with Gasteiger partial charge in [0, 0.05) is 25.4 Å². The largest absolute Gasteiger partial charge is 0.477 e. The number of rotatable bonds is 4. The van der Waals surface area contributed by atoms with Crippen molar-refractivity contribution in [3.05, 3.63) is 35.0 Å². The summed E-state index contributed by atoms with van der Waals surface area (Å²) >= 11 is 3.19. The van der Waals surface area contributed by atoms with E-state index in [1.54, 1.807) is 17.0 Å². The number of methoxy groups -OCH3 is 1. The SMILES string of the molecule is COc1nccnc1OC1CCN(C(=O)c2ccc(Br)o2)C1. The number of likely N-dealkylation sites (tertiary alicyclic amines) is 1. The van der Waals surface area contributed by atoms with Gasteiger partial charge in [0.15, 0.2) is 10.4 Å². The highest BCUT2D eigenvalue weighted by Gasteiger charge is 2.30. The predicted molar refractivity (Wildman–Crippen MR) is 79.9 cm³/mol. The molecule has 7 nitrogen and oxygen atoms in total. The molecular formula is C14H14BrN3O4. The molecule has 1 atom stereocenters. The van der Waals surface area contributed by atoms with Gasteiger partial charge in [-0.1, -0.05) is 0 Å². The number of ether oxygens (including phenoxy) is 2. The van der Waals surface area contributed by atoms with E-state index in [1.165, 1.54) is 19.5 Å². The van der Waals surface area contributed by atoms with Gasteiger partial charge in [0.05, 0.1) is 13.7 Å². The lowest BCUT2D eigenvalue weighted by Crippen LogP contribution is -2.30. The molecule has 0 spiro atoms. The van der Waals surface area contributed by atoms with Gasteiger partial charge >= 0.3 is 0 Å². The highest BCUT2D eigenvalue weighted by Crippen LogP contribution is 2.25. The summed E-state index contributed by atoms with van der Waals surface area (Å²) in [5.74, 6) is 0.833. The molecule has 0 aromatic carbocycles. The molecule has 2 aromatic rings. The van der Waals surface area contributed by atoms with Crippen molar-refractivity contribution in [3.63, 3.8) is 0 Å². The van der Waals surface area contributed by atoms with Crippen LogP contribution in [0.5, 0.6) is 11.8 Å². The highest BCUT2D eigenvalue weighted by atomic mass is 79.9. The quantitative estimate of drug-likeness (QED) is 0.823. The van der Waals surface area contributed by atoms with E-state index >= 15 is 0 Å². The summed E-state index contributed by atoms with van der Waals surface area (Å²) in [5.41, 5.74) is 0. The Morgan fingerprint density at radius 3 is 2.82 bits per heavy atom. The van der Waals surface area contributed by atoms with Gasteiger partial charge < -0.3 is 18.8 Å². The van der Waals surface area contributed by atoms with Crippen LogP contribution in [-0.4, -0.2) is 47.1 Å². The third-order valence-electron chi connectivity index (χ3n) is 3.32. The first-order chi connectivity index (χ1) is 10.7. The molecule has 0 aliphatic carbocycles. The van der Waals surface area contributed by atoms with E-state index < -0.39 is 0 Å². The molecule has 22 heavy (non-hydrogen) atoms. The summed E-state index contributed by atoms with van der Waals surface area (Å²) < 4.78 is 16.7. The van der Waals surface area contributed by atoms with Crippen molar-refractivity contribution in [1.82, 2.24) is 14.9 Å². The Balaban J connectivity index is 1.64. The number of carbonyl (C=O) groups excluding carboxylic acids is 1. The zero-order valence-electron chi connectivity index (χ0n) is 11.9. The lowest BCUT2D eigenvalue weighted by atomic mass is 10.3. The van der Waals surface area contributed by atoms with Crippen molar-refractivity contribution in [2.45, 2.75) is 12.5 Å². The molecule has 8 heteroatoms. The van der Waals surface area contributed by atoms with Gasteiger partial charge in [-0.3, -0.25) is 4.79 Å². The van der Waals surface area contributed by atoms with Crippen molar-refractivity contribution >= 4 is 21.8 Å². The van der Waals surface area contributed by atoms with Gasteiger partial charge in [0.25, 0.3) is 17.7 Å². The minimum atomic E-state index is -0.150. The average Bonchev–Trinajstić information content (AvgIpc) is 3.16. The van der Waals surface area contributed by atoms with E-state index in [0.29, 0.717) is 41.7 Å². The maximum absolute atomic E-state index is 12.3. The van der Waals surface area contributed by atoms with Crippen LogP contribution in [0, 0.1) is 0 Å². The number of halogens is 1. The van der Waals surface area contributed by atoms with Gasteiger partial charge in [0.1, 0.15) is 6.10 Å². The van der Waals surface area contributed by atoms with Crippen LogP contribution in [0.15, 0.2) is 33.6 Å². The van der Waals surface area contributed by atoms with Gasteiger partial charge in [-0.2, -0.15) is 0 Å². The molecular weight excluding hydrogens is 354 g/mol. The summed E-state index contributed by atoms with van der Waals surface area (Å²) in [6, 6.07) is 3.34. The second kappa shape index (κ2) is 6.35. The Bertz CT molecular complexity index is 676. The summed E-state index contributed by atoms with van der Waals surface area (Å²) in [7, 11) is 1.51. The van der Waals surface area contributed by atoms with Crippen LogP contribution < -0.4 is 9.47 Å². The first-order valence-electron chi connectivity index (χ1n) is 6.73. The van der Waals surface area contributed by atoms with E-state index in [-0.39, 0.29) is 12.0 Å². The van der Waals surface area contributed by atoms with Crippen molar-refractivity contribution in [3.8, 4) is 11.8 Å². The second-order valence-corrected chi connectivity index (χ2v) is 5.54. The molecule has 2 aromatic heterocycles. The fourth-order valence-electron chi connectivity index (χ4n) is 2.29. The number of carbonyl (C=O) groups is 1. The lowest BCUT2D eigenvalue weighted by molar-refractivity contribution is 0.0737. The Labute approximate surface area is 135 Å². The number of hydrogen-bond donors (Lipinski definition) is 0. The normalized spacial score (nSPS) is 17.5. The van der Waals surface area contributed by atoms with Crippen LogP contribution in [0.3, 0.4) is 0 Å². The average molecular weight is 368 g/mol. The number of aromatic nitrogens is 2. The molecule has 116 valence electrons. The van der Waals surface area contributed by atoms with E-state index in [0.717, 1.165) is 0 Å². The monoisotopic (exact) mass is 367 g/mol. The fourth-order valence-corrected chi connectivity index (χ4v) is 2.59. The fraction of sp³-hybridized carbons (Fsp3) is 0.357. The Hall–Kier alpha value is -2.09. The van der Waals surface area contributed by atoms with E-state index in [2.05, 4.69) is 25.9 Å². The smallest absolute Gasteiger partial charge is 0.289 e. The summed E-state index contributed by atoms with van der Waals surface area (Å²) in [6.07, 6.45) is 3.64. The first-order valence-corrected chi connectivity index (χ1v) is 7.53. The van der Waals surface area contributed by atoms with Crippen LogP contribution in [0.25, 0.3) is 0 Å². The topological polar surface area (TPSA) is 77.7 Å². The first kappa shape index (κ1) is 14.8. The van der Waals surface area contributed by atoms with Crippen LogP contribution in [-0.2, 0) is 0 Å². The van der Waals surface area contributed by atoms with Crippen molar-refractivity contribution in [1.29, 1.82) is 0 Å². The van der Waals surface area contributed by atoms with Crippen LogP contribution >= 0.6 is 15.9 Å². The van der Waals surface area contributed by atoms with Gasteiger partial charge in [-0.15, -0.1) is 0 Å². The molecule has 0 N–H and O–H groups in total. The third kappa shape index (κ3) is 3.06. The molecule has 1 aliphatic rings. The van der Waals surface area contributed by atoms with Gasteiger partial charge in [-0.05, 0) is 28.1 Å². The van der Waals surface area contributed by atoms with E-state index in [9.17, 15) is 4.79 Å². The molecule has 1 fully saturated rings. The number of amides is 1. The summed E-state index contributed by atoms with van der Waals surface area (Å²) in [4.78, 5) is 22.1. The predicted octanol–water partition coefficient (Wildman–Crippen LogP) is 2.13. The Morgan fingerprint density at radius 1 is 1.36 bits per heavy atom. The van der Waals surface area contributed by atoms with Gasteiger partial charge in [0.2, 0.25) is 0 Å². The molecule has 0 saturated carbocycles. The minimum absolute atomic E-state index is 0.145. The van der Waals surface area contributed by atoms with Crippen LogP contribution in [0.2, 0.25) is 0 Å². The molecule has 0 radical (unpaired) electrons. The number of furan rings is 1. The van der Waals surface area contributed by atoms with Crippen LogP contribution in [0.4, 0.5) is 0 Å². The Kier molecular flexibility index (Phi) is 4.28. The molecule has 1 saturated heterocycles. The van der Waals surface area contributed by atoms with E-state index in [4.69, 9.17) is 13.9 Å². The van der Waals surface area contributed by atoms with Crippen LogP contribution in [0.1, 0.15) is 17.0 Å². The molecule has 3 rings (SSSR count). The standard InChI is InChI=1S/C14H14BrN3O4/c1-20-12-13(17-6-5-16-12)21-9-4-7-18(8-9)14(19)10-2-3-11(15)22-10/h2-3,5-6,9H,4,7-8H2,1H3.